The number of rotatable bonds is 3. The minimum absolute atomic E-state index is 0.0375. The molecule has 13 heavy (non-hydrogen) atoms. The normalized spacial score (nSPS) is 39.5. The Kier molecular flexibility index (Phi) is 3.35. The second-order valence-corrected chi connectivity index (χ2v) is 2.69. The number of aliphatic hydroxyl groups is 2. The van der Waals surface area contributed by atoms with Gasteiger partial charge in [0.1, 0.15) is 12.2 Å². The van der Waals surface area contributed by atoms with Gasteiger partial charge in [0.05, 0.1) is 6.10 Å². The summed E-state index contributed by atoms with van der Waals surface area (Å²) in [4.78, 5) is 20.2. The Morgan fingerprint density at radius 2 is 2.08 bits per heavy atom. The van der Waals surface area contributed by atoms with Crippen molar-refractivity contribution in [3.8, 4) is 0 Å². The van der Waals surface area contributed by atoms with Crippen LogP contribution in [0.15, 0.2) is 0 Å². The van der Waals surface area contributed by atoms with Gasteiger partial charge in [-0.15, -0.1) is 0 Å². The second kappa shape index (κ2) is 4.31. The molecule has 0 amide bonds. The summed E-state index contributed by atoms with van der Waals surface area (Å²) < 4.78 is 9.23. The highest BCUT2D eigenvalue weighted by atomic mass is 16.7. The molecule has 0 aliphatic carbocycles. The first-order valence-electron chi connectivity index (χ1n) is 3.75. The first-order chi connectivity index (χ1) is 6.19. The number of aliphatic hydroxyl groups excluding tert-OH is 2. The monoisotopic (exact) mass is 190 g/mol. The van der Waals surface area contributed by atoms with Gasteiger partial charge in [0, 0.05) is 6.42 Å². The number of carbonyl (C=O) groups is 2. The third-order valence-electron chi connectivity index (χ3n) is 1.82. The minimum atomic E-state index is -1.26. The van der Waals surface area contributed by atoms with Gasteiger partial charge in [0.25, 0.3) is 6.47 Å². The molecule has 0 aromatic carbocycles. The molecule has 1 fully saturated rings. The van der Waals surface area contributed by atoms with Crippen molar-refractivity contribution in [2.24, 2.45) is 0 Å². The predicted octanol–water partition coefficient (Wildman–Crippen LogP) is -1.80. The summed E-state index contributed by atoms with van der Waals surface area (Å²) in [7, 11) is 0. The van der Waals surface area contributed by atoms with E-state index in [0.717, 1.165) is 0 Å². The predicted molar refractivity (Wildman–Crippen MR) is 38.5 cm³/mol. The van der Waals surface area contributed by atoms with E-state index in [-0.39, 0.29) is 12.9 Å². The summed E-state index contributed by atoms with van der Waals surface area (Å²) >= 11 is 0. The van der Waals surface area contributed by atoms with Gasteiger partial charge in [-0.05, 0) is 0 Å². The maximum Gasteiger partial charge on any atom is 0.295 e. The van der Waals surface area contributed by atoms with E-state index < -0.39 is 24.6 Å². The molecule has 1 aliphatic heterocycles. The molecule has 74 valence electrons. The number of aldehydes is 1. The molecule has 1 saturated heterocycles. The molecule has 1 aliphatic rings. The van der Waals surface area contributed by atoms with E-state index in [2.05, 4.69) is 4.74 Å². The summed E-state index contributed by atoms with van der Waals surface area (Å²) in [6.07, 6.45) is -4.17. The molecule has 1 rings (SSSR count). The topological polar surface area (TPSA) is 93.1 Å². The molecular weight excluding hydrogens is 180 g/mol. The summed E-state index contributed by atoms with van der Waals surface area (Å²) in [5.74, 6) is 0. The smallest absolute Gasteiger partial charge is 0.295 e. The Morgan fingerprint density at radius 1 is 1.38 bits per heavy atom. The van der Waals surface area contributed by atoms with Crippen molar-refractivity contribution < 1.29 is 29.3 Å². The zero-order chi connectivity index (χ0) is 9.84. The molecule has 4 atom stereocenters. The van der Waals surface area contributed by atoms with Gasteiger partial charge in [-0.3, -0.25) is 4.79 Å². The number of carbonyl (C=O) groups excluding carboxylic acids is 2. The lowest BCUT2D eigenvalue weighted by Crippen LogP contribution is -2.49. The molecular formula is C7H10O6. The van der Waals surface area contributed by atoms with Crippen molar-refractivity contribution in [2.75, 3.05) is 0 Å². The maximum absolute atomic E-state index is 10.3. The Bertz CT molecular complexity index is 193. The van der Waals surface area contributed by atoms with Crippen molar-refractivity contribution in [3.63, 3.8) is 0 Å². The molecule has 0 aromatic heterocycles. The Balaban J connectivity index is 2.57. The third-order valence-corrected chi connectivity index (χ3v) is 1.82. The maximum atomic E-state index is 10.3. The molecule has 0 saturated carbocycles. The van der Waals surface area contributed by atoms with Crippen LogP contribution in [0.4, 0.5) is 0 Å². The average molecular weight is 190 g/mol. The Labute approximate surface area is 74.1 Å². The van der Waals surface area contributed by atoms with Crippen LogP contribution in [0.25, 0.3) is 0 Å². The Morgan fingerprint density at radius 3 is 2.62 bits per heavy atom. The van der Waals surface area contributed by atoms with Crippen LogP contribution in [0.3, 0.4) is 0 Å². The van der Waals surface area contributed by atoms with E-state index in [4.69, 9.17) is 4.74 Å². The standard InChI is InChI=1S/C7H10O6/c8-2-5-7(11)4(10)1-6(13-5)12-3-9/h2-7,10-11H,1H2. The molecule has 6 nitrogen and oxygen atoms in total. The van der Waals surface area contributed by atoms with E-state index in [9.17, 15) is 19.8 Å². The first-order valence-corrected chi connectivity index (χ1v) is 3.75. The third kappa shape index (κ3) is 2.24. The van der Waals surface area contributed by atoms with Gasteiger partial charge in [-0.1, -0.05) is 0 Å². The fourth-order valence-electron chi connectivity index (χ4n) is 1.13. The zero-order valence-corrected chi connectivity index (χ0v) is 6.70. The molecule has 0 spiro atoms. The van der Waals surface area contributed by atoms with Gasteiger partial charge in [-0.25, -0.2) is 0 Å². The summed E-state index contributed by atoms with van der Waals surface area (Å²) in [6.45, 7) is 0.164. The molecule has 1 heterocycles. The van der Waals surface area contributed by atoms with Gasteiger partial charge in [0.15, 0.2) is 6.29 Å². The molecule has 6 heteroatoms. The van der Waals surface area contributed by atoms with Crippen LogP contribution < -0.4 is 0 Å². The minimum Gasteiger partial charge on any atom is -0.438 e. The van der Waals surface area contributed by atoms with Gasteiger partial charge >= 0.3 is 0 Å². The van der Waals surface area contributed by atoms with Gasteiger partial charge in [0.2, 0.25) is 6.29 Å². The molecule has 4 unspecified atom stereocenters. The average Bonchev–Trinajstić information content (AvgIpc) is 2.11. The zero-order valence-electron chi connectivity index (χ0n) is 6.70. The van der Waals surface area contributed by atoms with E-state index in [1.807, 2.05) is 0 Å². The van der Waals surface area contributed by atoms with Crippen LogP contribution in [0.2, 0.25) is 0 Å². The quantitative estimate of drug-likeness (QED) is 0.510. The van der Waals surface area contributed by atoms with Crippen LogP contribution in [-0.2, 0) is 19.1 Å². The fraction of sp³-hybridized carbons (Fsp3) is 0.714. The molecule has 0 radical (unpaired) electrons. The number of hydrogen-bond donors (Lipinski definition) is 2. The SMILES string of the molecule is O=COC1CC(O)C(O)C(C=O)O1. The van der Waals surface area contributed by atoms with Gasteiger partial charge < -0.3 is 24.5 Å². The summed E-state index contributed by atoms with van der Waals surface area (Å²) in [5, 5.41) is 18.4. The number of ether oxygens (including phenoxy) is 2. The van der Waals surface area contributed by atoms with Crippen molar-refractivity contribution in [2.45, 2.75) is 31.0 Å². The molecule has 0 bridgehead atoms. The summed E-state index contributed by atoms with van der Waals surface area (Å²) in [5.41, 5.74) is 0. The van der Waals surface area contributed by atoms with Crippen LogP contribution in [0.1, 0.15) is 6.42 Å². The van der Waals surface area contributed by atoms with Crippen molar-refractivity contribution in [1.29, 1.82) is 0 Å². The first kappa shape index (κ1) is 10.1. The summed E-state index contributed by atoms with van der Waals surface area (Å²) in [6, 6.07) is 0. The largest absolute Gasteiger partial charge is 0.438 e. The van der Waals surface area contributed by atoms with E-state index in [0.29, 0.717) is 6.29 Å². The Hall–Kier alpha value is -0.980. The van der Waals surface area contributed by atoms with Crippen molar-refractivity contribution >= 4 is 12.8 Å². The van der Waals surface area contributed by atoms with E-state index in [1.165, 1.54) is 0 Å². The van der Waals surface area contributed by atoms with Crippen LogP contribution >= 0.6 is 0 Å². The highest BCUT2D eigenvalue weighted by molar-refractivity contribution is 5.57. The molecule has 0 aromatic rings. The van der Waals surface area contributed by atoms with Crippen LogP contribution in [-0.4, -0.2) is 47.6 Å². The van der Waals surface area contributed by atoms with E-state index in [1.54, 1.807) is 0 Å². The highest BCUT2D eigenvalue weighted by Crippen LogP contribution is 2.19. The lowest BCUT2D eigenvalue weighted by molar-refractivity contribution is -0.231. The number of hydrogen-bond acceptors (Lipinski definition) is 6. The lowest BCUT2D eigenvalue weighted by Gasteiger charge is -2.32. The van der Waals surface area contributed by atoms with Gasteiger partial charge in [-0.2, -0.15) is 0 Å². The lowest BCUT2D eigenvalue weighted by atomic mass is 10.0. The van der Waals surface area contributed by atoms with Crippen molar-refractivity contribution in [3.05, 3.63) is 0 Å². The van der Waals surface area contributed by atoms with Crippen molar-refractivity contribution in [1.82, 2.24) is 0 Å². The molecule has 2 N–H and O–H groups in total. The van der Waals surface area contributed by atoms with Crippen LogP contribution in [0, 0.1) is 0 Å². The van der Waals surface area contributed by atoms with Crippen LogP contribution in [0.5, 0.6) is 0 Å². The highest BCUT2D eigenvalue weighted by Gasteiger charge is 2.37. The fourth-order valence-corrected chi connectivity index (χ4v) is 1.13. The van der Waals surface area contributed by atoms with E-state index >= 15 is 0 Å². The second-order valence-electron chi connectivity index (χ2n) is 2.69.